The van der Waals surface area contributed by atoms with Crippen LogP contribution in [0.5, 0.6) is 0 Å². The summed E-state index contributed by atoms with van der Waals surface area (Å²) in [6.45, 7) is 2.02. The van der Waals surface area contributed by atoms with Gasteiger partial charge in [-0.2, -0.15) is 0 Å². The van der Waals surface area contributed by atoms with E-state index in [4.69, 9.17) is 4.74 Å². The molecule has 2 rings (SSSR count). The van der Waals surface area contributed by atoms with Gasteiger partial charge < -0.3 is 4.74 Å². The summed E-state index contributed by atoms with van der Waals surface area (Å²) in [5.41, 5.74) is 1.16. The second-order valence-corrected chi connectivity index (χ2v) is 4.81. The Morgan fingerprint density at radius 1 is 1.67 bits per heavy atom. The first-order valence-electron chi connectivity index (χ1n) is 5.10. The Kier molecular flexibility index (Phi) is 3.07. The van der Waals surface area contributed by atoms with Gasteiger partial charge in [-0.15, -0.1) is 11.3 Å². The van der Waals surface area contributed by atoms with Crippen molar-refractivity contribution in [3.05, 3.63) is 21.9 Å². The third-order valence-electron chi connectivity index (χ3n) is 2.58. The molecule has 1 fully saturated rings. The smallest absolute Gasteiger partial charge is 0.328 e. The highest BCUT2D eigenvalue weighted by atomic mass is 32.1. The maximum atomic E-state index is 11.6. The fourth-order valence-corrected chi connectivity index (χ4v) is 2.51. The third-order valence-corrected chi connectivity index (χ3v) is 3.66. The van der Waals surface area contributed by atoms with E-state index >= 15 is 0 Å². The predicted molar refractivity (Wildman–Crippen MR) is 60.0 cm³/mol. The summed E-state index contributed by atoms with van der Waals surface area (Å²) < 4.78 is 4.83. The normalized spacial score (nSPS) is 17.5. The zero-order valence-electron chi connectivity index (χ0n) is 8.95. The number of hydrogen-bond donors (Lipinski definition) is 1. The zero-order chi connectivity index (χ0) is 10.8. The molecule has 0 aromatic carbocycles. The Bertz CT molecular complexity index is 357. The van der Waals surface area contributed by atoms with Crippen molar-refractivity contribution < 1.29 is 9.53 Å². The summed E-state index contributed by atoms with van der Waals surface area (Å²) in [5.74, 6) is -0.188. The summed E-state index contributed by atoms with van der Waals surface area (Å²) in [7, 11) is 1.44. The minimum absolute atomic E-state index is 0.188. The Labute approximate surface area is 93.4 Å². The van der Waals surface area contributed by atoms with E-state index in [0.29, 0.717) is 6.04 Å². The molecule has 4 heteroatoms. The van der Waals surface area contributed by atoms with Gasteiger partial charge in [0.1, 0.15) is 6.04 Å². The van der Waals surface area contributed by atoms with Crippen molar-refractivity contribution >= 4 is 17.3 Å². The largest absolute Gasteiger partial charge is 0.468 e. The van der Waals surface area contributed by atoms with Gasteiger partial charge in [-0.3, -0.25) is 5.32 Å². The number of esters is 1. The van der Waals surface area contributed by atoms with E-state index < -0.39 is 0 Å². The summed E-state index contributed by atoms with van der Waals surface area (Å²) in [6.07, 6.45) is 2.33. The van der Waals surface area contributed by atoms with E-state index in [1.54, 1.807) is 11.3 Å². The van der Waals surface area contributed by atoms with E-state index in [0.717, 1.165) is 23.3 Å². The average molecular weight is 225 g/mol. The molecule has 0 amide bonds. The monoisotopic (exact) mass is 225 g/mol. The van der Waals surface area contributed by atoms with Crippen LogP contribution >= 0.6 is 11.3 Å². The van der Waals surface area contributed by atoms with Crippen LogP contribution in [0.1, 0.15) is 29.3 Å². The number of carbonyl (C=O) groups excluding carboxylic acids is 1. The SMILES string of the molecule is COC(=O)C(NC1CC1)c1sccc1C. The first kappa shape index (κ1) is 10.6. The molecule has 1 atom stereocenters. The number of aryl methyl sites for hydroxylation is 1. The van der Waals surface area contributed by atoms with Crippen LogP contribution in [-0.4, -0.2) is 19.1 Å². The van der Waals surface area contributed by atoms with Crippen molar-refractivity contribution in [2.75, 3.05) is 7.11 Å². The van der Waals surface area contributed by atoms with Crippen molar-refractivity contribution in [3.8, 4) is 0 Å². The molecule has 1 aliphatic carbocycles. The highest BCUT2D eigenvalue weighted by molar-refractivity contribution is 7.10. The zero-order valence-corrected chi connectivity index (χ0v) is 9.76. The van der Waals surface area contributed by atoms with Crippen LogP contribution in [0.2, 0.25) is 0 Å². The van der Waals surface area contributed by atoms with Crippen molar-refractivity contribution in [1.82, 2.24) is 5.32 Å². The lowest BCUT2D eigenvalue weighted by Gasteiger charge is -2.15. The fourth-order valence-electron chi connectivity index (χ4n) is 1.53. The molecule has 3 nitrogen and oxygen atoms in total. The van der Waals surface area contributed by atoms with Gasteiger partial charge in [0, 0.05) is 10.9 Å². The average Bonchev–Trinajstić information content (AvgIpc) is 2.96. The van der Waals surface area contributed by atoms with Gasteiger partial charge in [0.05, 0.1) is 7.11 Å². The number of ether oxygens (including phenoxy) is 1. The lowest BCUT2D eigenvalue weighted by molar-refractivity contribution is -0.143. The quantitative estimate of drug-likeness (QED) is 0.797. The number of rotatable bonds is 4. The van der Waals surface area contributed by atoms with Crippen molar-refractivity contribution in [1.29, 1.82) is 0 Å². The summed E-state index contributed by atoms with van der Waals surface area (Å²) in [5, 5.41) is 5.33. The van der Waals surface area contributed by atoms with Gasteiger partial charge >= 0.3 is 5.97 Å². The molecule has 15 heavy (non-hydrogen) atoms. The van der Waals surface area contributed by atoms with Crippen LogP contribution in [0.3, 0.4) is 0 Å². The van der Waals surface area contributed by atoms with E-state index in [1.807, 2.05) is 18.4 Å². The third kappa shape index (κ3) is 2.38. The van der Waals surface area contributed by atoms with Crippen molar-refractivity contribution in [2.45, 2.75) is 31.8 Å². The second kappa shape index (κ2) is 4.33. The number of carbonyl (C=O) groups is 1. The van der Waals surface area contributed by atoms with Gasteiger partial charge in [-0.1, -0.05) is 0 Å². The molecular formula is C11H15NO2S. The van der Waals surface area contributed by atoms with Gasteiger partial charge in [-0.05, 0) is 36.8 Å². The van der Waals surface area contributed by atoms with Crippen LogP contribution < -0.4 is 5.32 Å². The Morgan fingerprint density at radius 2 is 2.40 bits per heavy atom. The fraction of sp³-hybridized carbons (Fsp3) is 0.545. The van der Waals surface area contributed by atoms with Crippen LogP contribution in [0.25, 0.3) is 0 Å². The van der Waals surface area contributed by atoms with Gasteiger partial charge in [0.15, 0.2) is 0 Å². The molecule has 1 saturated carbocycles. The molecule has 1 unspecified atom stereocenters. The van der Waals surface area contributed by atoms with Crippen LogP contribution in [0.4, 0.5) is 0 Å². The molecule has 1 heterocycles. The van der Waals surface area contributed by atoms with E-state index in [1.165, 1.54) is 7.11 Å². The van der Waals surface area contributed by atoms with Crippen molar-refractivity contribution in [3.63, 3.8) is 0 Å². The first-order valence-corrected chi connectivity index (χ1v) is 5.98. The number of thiophene rings is 1. The highest BCUT2D eigenvalue weighted by Crippen LogP contribution is 2.29. The molecule has 82 valence electrons. The summed E-state index contributed by atoms with van der Waals surface area (Å²) >= 11 is 1.61. The number of methoxy groups -OCH3 is 1. The van der Waals surface area contributed by atoms with Crippen LogP contribution in [0.15, 0.2) is 11.4 Å². The minimum Gasteiger partial charge on any atom is -0.468 e. The second-order valence-electron chi connectivity index (χ2n) is 3.86. The Hall–Kier alpha value is -0.870. The molecular weight excluding hydrogens is 210 g/mol. The first-order chi connectivity index (χ1) is 7.22. The molecule has 0 bridgehead atoms. The van der Waals surface area contributed by atoms with E-state index in [2.05, 4.69) is 5.32 Å². The lowest BCUT2D eigenvalue weighted by Crippen LogP contribution is -2.31. The Morgan fingerprint density at radius 3 is 2.87 bits per heavy atom. The summed E-state index contributed by atoms with van der Waals surface area (Å²) in [4.78, 5) is 12.7. The minimum atomic E-state index is -0.275. The van der Waals surface area contributed by atoms with Gasteiger partial charge in [-0.25, -0.2) is 4.79 Å². The molecule has 0 spiro atoms. The van der Waals surface area contributed by atoms with E-state index in [9.17, 15) is 4.79 Å². The molecule has 1 N–H and O–H groups in total. The highest BCUT2D eigenvalue weighted by Gasteiger charge is 2.31. The maximum absolute atomic E-state index is 11.6. The van der Waals surface area contributed by atoms with Gasteiger partial charge in [0.25, 0.3) is 0 Å². The molecule has 0 saturated heterocycles. The lowest BCUT2D eigenvalue weighted by atomic mass is 10.1. The molecule has 1 aromatic heterocycles. The predicted octanol–water partition coefficient (Wildman–Crippen LogP) is 2.02. The van der Waals surface area contributed by atoms with E-state index in [-0.39, 0.29) is 12.0 Å². The summed E-state index contributed by atoms with van der Waals surface area (Å²) in [6, 6.07) is 2.25. The topological polar surface area (TPSA) is 38.3 Å². The molecule has 1 aliphatic rings. The maximum Gasteiger partial charge on any atom is 0.328 e. The molecule has 1 aromatic rings. The van der Waals surface area contributed by atoms with Crippen LogP contribution in [0, 0.1) is 6.92 Å². The molecule has 0 aliphatic heterocycles. The number of hydrogen-bond acceptors (Lipinski definition) is 4. The molecule has 0 radical (unpaired) electrons. The van der Waals surface area contributed by atoms with Crippen LogP contribution in [-0.2, 0) is 9.53 Å². The Balaban J connectivity index is 2.16. The van der Waals surface area contributed by atoms with Crippen molar-refractivity contribution in [2.24, 2.45) is 0 Å². The number of nitrogens with one attached hydrogen (secondary N) is 1. The van der Waals surface area contributed by atoms with Gasteiger partial charge in [0.2, 0.25) is 0 Å². The standard InChI is InChI=1S/C11H15NO2S/c1-7-5-6-15-10(7)9(11(13)14-2)12-8-3-4-8/h5-6,8-9,12H,3-4H2,1-2H3.